The fourth-order valence-corrected chi connectivity index (χ4v) is 4.21. The van der Waals surface area contributed by atoms with E-state index >= 15 is 0 Å². The summed E-state index contributed by atoms with van der Waals surface area (Å²) in [4.78, 5) is 17.6. The molecule has 0 spiro atoms. The van der Waals surface area contributed by atoms with E-state index in [0.717, 1.165) is 5.56 Å². The highest BCUT2D eigenvalue weighted by Gasteiger charge is 2.18. The number of carbonyl (C=O) groups is 1. The Bertz CT molecular complexity index is 1140. The van der Waals surface area contributed by atoms with Crippen LogP contribution in [-0.4, -0.2) is 19.3 Å². The molecule has 0 unspecified atom stereocenters. The third-order valence-electron chi connectivity index (χ3n) is 4.28. The Labute approximate surface area is 183 Å². The number of nitrogens with two attached hydrogens (primary N) is 1. The Hall–Kier alpha value is -2.46. The maximum absolute atomic E-state index is 12.7. The van der Waals surface area contributed by atoms with Gasteiger partial charge in [0.05, 0.1) is 16.6 Å². The number of carbonyl (C=O) groups excluding carboxylic acids is 1. The molecule has 2 aromatic carbocycles. The number of amides is 1. The normalized spacial score (nSPS) is 12.4. The minimum atomic E-state index is -3.75. The van der Waals surface area contributed by atoms with Crippen molar-refractivity contribution in [2.75, 3.05) is 0 Å². The van der Waals surface area contributed by atoms with Crippen LogP contribution in [0.15, 0.2) is 53.4 Å². The van der Waals surface area contributed by atoms with Crippen molar-refractivity contribution >= 4 is 38.9 Å². The van der Waals surface area contributed by atoms with Gasteiger partial charge in [-0.15, -0.1) is 11.3 Å². The number of nitrogens with one attached hydrogen (secondary N) is 1. The molecule has 1 atom stereocenters. The van der Waals surface area contributed by atoms with Gasteiger partial charge in [-0.3, -0.25) is 4.79 Å². The molecule has 0 bridgehead atoms. The van der Waals surface area contributed by atoms with E-state index in [4.69, 9.17) is 21.5 Å². The van der Waals surface area contributed by atoms with Crippen molar-refractivity contribution in [2.45, 2.75) is 31.4 Å². The first-order valence-electron chi connectivity index (χ1n) is 8.92. The van der Waals surface area contributed by atoms with Crippen LogP contribution < -0.4 is 15.2 Å². The number of halogens is 1. The van der Waals surface area contributed by atoms with E-state index in [2.05, 4.69) is 10.3 Å². The Balaban J connectivity index is 1.64. The predicted octanol–water partition coefficient (Wildman–Crippen LogP) is 3.82. The standard InChI is InChI=1S/C20H20ClN3O4S2/c1-12(14-3-9-17(10-4-14)30(22,26)27)24-20(25)19-13(2)23-18(29-19)11-28-16-7-5-15(21)6-8-16/h3-10,12H,11H2,1-2H3,(H,24,25)(H2,22,26,27)/t12-/m0/s1. The highest BCUT2D eigenvalue weighted by Crippen LogP contribution is 2.23. The van der Waals surface area contributed by atoms with Gasteiger partial charge in [0, 0.05) is 5.02 Å². The highest BCUT2D eigenvalue weighted by molar-refractivity contribution is 7.89. The molecule has 0 aliphatic heterocycles. The fourth-order valence-electron chi connectivity index (χ4n) is 2.69. The number of ether oxygens (including phenoxy) is 1. The second-order valence-electron chi connectivity index (χ2n) is 6.57. The third kappa shape index (κ3) is 5.57. The molecule has 30 heavy (non-hydrogen) atoms. The zero-order valence-electron chi connectivity index (χ0n) is 16.3. The number of hydrogen-bond acceptors (Lipinski definition) is 6. The second-order valence-corrected chi connectivity index (χ2v) is 9.66. The molecular weight excluding hydrogens is 446 g/mol. The molecule has 3 aromatic rings. The van der Waals surface area contributed by atoms with Crippen LogP contribution in [0.4, 0.5) is 0 Å². The maximum Gasteiger partial charge on any atom is 0.263 e. The lowest BCUT2D eigenvalue weighted by Gasteiger charge is -2.14. The maximum atomic E-state index is 12.7. The van der Waals surface area contributed by atoms with Crippen molar-refractivity contribution in [3.05, 3.63) is 74.7 Å². The Morgan fingerprint density at radius 2 is 1.83 bits per heavy atom. The van der Waals surface area contributed by atoms with Gasteiger partial charge in [0.2, 0.25) is 10.0 Å². The minimum Gasteiger partial charge on any atom is -0.486 e. The van der Waals surface area contributed by atoms with Crippen molar-refractivity contribution in [1.29, 1.82) is 0 Å². The number of thiazole rings is 1. The van der Waals surface area contributed by atoms with Gasteiger partial charge < -0.3 is 10.1 Å². The van der Waals surface area contributed by atoms with Crippen LogP contribution in [0.1, 0.15) is 38.9 Å². The smallest absolute Gasteiger partial charge is 0.263 e. The van der Waals surface area contributed by atoms with Gasteiger partial charge in [0.1, 0.15) is 22.2 Å². The van der Waals surface area contributed by atoms with Crippen LogP contribution in [0, 0.1) is 6.92 Å². The van der Waals surface area contributed by atoms with Crippen molar-refractivity contribution in [2.24, 2.45) is 5.14 Å². The first-order valence-corrected chi connectivity index (χ1v) is 11.7. The summed E-state index contributed by atoms with van der Waals surface area (Å²) in [5.74, 6) is 0.403. The summed E-state index contributed by atoms with van der Waals surface area (Å²) in [6.07, 6.45) is 0. The molecule has 3 rings (SSSR count). The van der Waals surface area contributed by atoms with Crippen molar-refractivity contribution in [3.8, 4) is 5.75 Å². The number of hydrogen-bond donors (Lipinski definition) is 2. The number of sulfonamides is 1. The summed E-state index contributed by atoms with van der Waals surface area (Å²) in [6, 6.07) is 12.7. The van der Waals surface area contributed by atoms with Gasteiger partial charge in [-0.1, -0.05) is 23.7 Å². The summed E-state index contributed by atoms with van der Waals surface area (Å²) < 4.78 is 28.4. The molecule has 158 valence electrons. The van der Waals surface area contributed by atoms with Gasteiger partial charge in [0.25, 0.3) is 5.91 Å². The third-order valence-corrected chi connectivity index (χ3v) is 6.59. The number of nitrogens with zero attached hydrogens (tertiary/aromatic N) is 1. The molecule has 0 fully saturated rings. The average molecular weight is 466 g/mol. The van der Waals surface area contributed by atoms with Gasteiger partial charge in [-0.2, -0.15) is 0 Å². The lowest BCUT2D eigenvalue weighted by molar-refractivity contribution is 0.0943. The number of aromatic nitrogens is 1. The Morgan fingerprint density at radius 3 is 2.43 bits per heavy atom. The number of primary sulfonamides is 1. The Kier molecular flexibility index (Phi) is 6.77. The van der Waals surface area contributed by atoms with Crippen LogP contribution in [0.3, 0.4) is 0 Å². The zero-order valence-corrected chi connectivity index (χ0v) is 18.6. The van der Waals surface area contributed by atoms with E-state index in [-0.39, 0.29) is 23.5 Å². The predicted molar refractivity (Wildman–Crippen MR) is 116 cm³/mol. The van der Waals surface area contributed by atoms with E-state index in [1.807, 2.05) is 6.92 Å². The quantitative estimate of drug-likeness (QED) is 0.550. The molecule has 0 saturated heterocycles. The van der Waals surface area contributed by atoms with Crippen LogP contribution in [-0.2, 0) is 16.6 Å². The summed E-state index contributed by atoms with van der Waals surface area (Å²) >= 11 is 7.12. The van der Waals surface area contributed by atoms with E-state index < -0.39 is 10.0 Å². The second kappa shape index (κ2) is 9.13. The lowest BCUT2D eigenvalue weighted by atomic mass is 10.1. The molecule has 0 aliphatic rings. The van der Waals surface area contributed by atoms with E-state index in [0.29, 0.717) is 26.4 Å². The van der Waals surface area contributed by atoms with Crippen LogP contribution in [0.25, 0.3) is 0 Å². The van der Waals surface area contributed by atoms with Gasteiger partial charge in [0.15, 0.2) is 0 Å². The first kappa shape index (κ1) is 22.2. The minimum absolute atomic E-state index is 0.0217. The highest BCUT2D eigenvalue weighted by atomic mass is 35.5. The number of aryl methyl sites for hydroxylation is 1. The van der Waals surface area contributed by atoms with Gasteiger partial charge >= 0.3 is 0 Å². The zero-order chi connectivity index (χ0) is 21.9. The number of rotatable bonds is 7. The van der Waals surface area contributed by atoms with Crippen molar-refractivity contribution in [1.82, 2.24) is 10.3 Å². The summed E-state index contributed by atoms with van der Waals surface area (Å²) in [5, 5.41) is 9.31. The molecule has 1 aromatic heterocycles. The molecular formula is C20H20ClN3O4S2. The molecule has 0 radical (unpaired) electrons. The first-order chi connectivity index (χ1) is 14.1. The lowest BCUT2D eigenvalue weighted by Crippen LogP contribution is -2.26. The monoisotopic (exact) mass is 465 g/mol. The van der Waals surface area contributed by atoms with Crippen LogP contribution in [0.5, 0.6) is 5.75 Å². The molecule has 10 heteroatoms. The molecule has 7 nitrogen and oxygen atoms in total. The number of benzene rings is 2. The van der Waals surface area contributed by atoms with Crippen LogP contribution in [0.2, 0.25) is 5.02 Å². The fraction of sp³-hybridized carbons (Fsp3) is 0.200. The largest absolute Gasteiger partial charge is 0.486 e. The molecule has 0 aliphatic carbocycles. The molecule has 0 saturated carbocycles. The molecule has 3 N–H and O–H groups in total. The molecule has 1 heterocycles. The topological polar surface area (TPSA) is 111 Å². The van der Waals surface area contributed by atoms with Crippen molar-refractivity contribution < 1.29 is 17.9 Å². The van der Waals surface area contributed by atoms with E-state index in [1.165, 1.54) is 23.5 Å². The molecule has 1 amide bonds. The van der Waals surface area contributed by atoms with Crippen LogP contribution >= 0.6 is 22.9 Å². The average Bonchev–Trinajstić information content (AvgIpc) is 3.07. The summed E-state index contributed by atoms with van der Waals surface area (Å²) in [5.41, 5.74) is 1.37. The van der Waals surface area contributed by atoms with E-state index in [1.54, 1.807) is 43.3 Å². The van der Waals surface area contributed by atoms with Crippen molar-refractivity contribution in [3.63, 3.8) is 0 Å². The van der Waals surface area contributed by atoms with Gasteiger partial charge in [-0.05, 0) is 55.8 Å². The van der Waals surface area contributed by atoms with E-state index in [9.17, 15) is 13.2 Å². The SMILES string of the molecule is Cc1nc(COc2ccc(Cl)cc2)sc1C(=O)N[C@@H](C)c1ccc(S(N)(=O)=O)cc1. The Morgan fingerprint density at radius 1 is 1.20 bits per heavy atom. The summed E-state index contributed by atoms with van der Waals surface area (Å²) in [7, 11) is -3.75. The van der Waals surface area contributed by atoms with Gasteiger partial charge in [-0.25, -0.2) is 18.5 Å². The summed E-state index contributed by atoms with van der Waals surface area (Å²) in [6.45, 7) is 3.82.